The van der Waals surface area contributed by atoms with Crippen molar-refractivity contribution in [3.8, 4) is 16.5 Å². The SMILES string of the molecule is CCOc1cncc(-c2cnc(C(=O)NCCN(C)C)s2)n1. The van der Waals surface area contributed by atoms with E-state index >= 15 is 0 Å². The number of amides is 1. The number of rotatable bonds is 7. The third kappa shape index (κ3) is 4.47. The highest BCUT2D eigenvalue weighted by Gasteiger charge is 2.13. The molecular weight excluding hydrogens is 302 g/mol. The van der Waals surface area contributed by atoms with Crippen LogP contribution in [0.15, 0.2) is 18.6 Å². The summed E-state index contributed by atoms with van der Waals surface area (Å²) in [4.78, 5) is 27.4. The maximum atomic E-state index is 12.0. The molecule has 0 spiro atoms. The number of carbonyl (C=O) groups is 1. The molecule has 8 heteroatoms. The molecule has 0 aliphatic heterocycles. The van der Waals surface area contributed by atoms with E-state index in [-0.39, 0.29) is 5.91 Å². The molecule has 1 N–H and O–H groups in total. The van der Waals surface area contributed by atoms with Gasteiger partial charge < -0.3 is 15.0 Å². The van der Waals surface area contributed by atoms with Crippen molar-refractivity contribution in [2.45, 2.75) is 6.92 Å². The number of hydrogen-bond acceptors (Lipinski definition) is 7. The van der Waals surface area contributed by atoms with Gasteiger partial charge in [0.05, 0.1) is 23.9 Å². The molecule has 0 atom stereocenters. The number of carbonyl (C=O) groups excluding carboxylic acids is 1. The van der Waals surface area contributed by atoms with E-state index in [0.29, 0.717) is 29.7 Å². The summed E-state index contributed by atoms with van der Waals surface area (Å²) in [5.41, 5.74) is 0.649. The van der Waals surface area contributed by atoms with Gasteiger partial charge in [0.2, 0.25) is 5.88 Å². The van der Waals surface area contributed by atoms with Crippen LogP contribution in [0.5, 0.6) is 5.88 Å². The molecule has 0 saturated carbocycles. The van der Waals surface area contributed by atoms with Crippen LogP contribution in [0.25, 0.3) is 10.6 Å². The summed E-state index contributed by atoms with van der Waals surface area (Å²) in [6.45, 7) is 3.78. The molecule has 1 amide bonds. The van der Waals surface area contributed by atoms with Gasteiger partial charge in [-0.1, -0.05) is 0 Å². The van der Waals surface area contributed by atoms with Crippen molar-refractivity contribution in [2.24, 2.45) is 0 Å². The normalized spacial score (nSPS) is 10.7. The molecule has 0 unspecified atom stereocenters. The van der Waals surface area contributed by atoms with Gasteiger partial charge in [0, 0.05) is 19.3 Å². The van der Waals surface area contributed by atoms with Crippen LogP contribution in [-0.2, 0) is 0 Å². The molecule has 0 bridgehead atoms. The molecule has 0 saturated heterocycles. The highest BCUT2D eigenvalue weighted by molar-refractivity contribution is 7.16. The molecule has 0 radical (unpaired) electrons. The Kier molecular flexibility index (Phi) is 5.79. The van der Waals surface area contributed by atoms with Crippen LogP contribution >= 0.6 is 11.3 Å². The Balaban J connectivity index is 2.04. The topological polar surface area (TPSA) is 80.2 Å². The van der Waals surface area contributed by atoms with Gasteiger partial charge in [-0.25, -0.2) is 9.97 Å². The Morgan fingerprint density at radius 1 is 1.36 bits per heavy atom. The van der Waals surface area contributed by atoms with Crippen LogP contribution in [0.3, 0.4) is 0 Å². The van der Waals surface area contributed by atoms with E-state index < -0.39 is 0 Å². The fraction of sp³-hybridized carbons (Fsp3) is 0.429. The Labute approximate surface area is 133 Å². The highest BCUT2D eigenvalue weighted by Crippen LogP contribution is 2.25. The van der Waals surface area contributed by atoms with Crippen LogP contribution in [0.2, 0.25) is 0 Å². The van der Waals surface area contributed by atoms with Gasteiger partial charge in [0.15, 0.2) is 5.01 Å². The summed E-state index contributed by atoms with van der Waals surface area (Å²) >= 11 is 1.28. The molecule has 7 nitrogen and oxygen atoms in total. The Morgan fingerprint density at radius 3 is 2.91 bits per heavy atom. The number of nitrogens with one attached hydrogen (secondary N) is 1. The standard InChI is InChI=1S/C14H19N5O2S/c1-4-21-12-9-15-7-10(18-12)11-8-17-14(22-11)13(20)16-5-6-19(2)3/h7-9H,4-6H2,1-3H3,(H,16,20). The minimum Gasteiger partial charge on any atom is -0.477 e. The fourth-order valence-electron chi connectivity index (χ4n) is 1.65. The zero-order valence-electron chi connectivity index (χ0n) is 12.9. The van der Waals surface area contributed by atoms with Crippen LogP contribution in [0.4, 0.5) is 0 Å². The van der Waals surface area contributed by atoms with Crippen molar-refractivity contribution in [3.63, 3.8) is 0 Å². The molecule has 2 aromatic rings. The average Bonchev–Trinajstić information content (AvgIpc) is 2.97. The van der Waals surface area contributed by atoms with Crippen LogP contribution < -0.4 is 10.1 Å². The van der Waals surface area contributed by atoms with Crippen molar-refractivity contribution in [2.75, 3.05) is 33.8 Å². The Bertz CT molecular complexity index is 629. The van der Waals surface area contributed by atoms with Crippen molar-refractivity contribution >= 4 is 17.2 Å². The lowest BCUT2D eigenvalue weighted by molar-refractivity contribution is 0.0950. The van der Waals surface area contributed by atoms with E-state index in [2.05, 4.69) is 20.3 Å². The van der Waals surface area contributed by atoms with Crippen LogP contribution in [-0.4, -0.2) is 59.6 Å². The maximum absolute atomic E-state index is 12.0. The second kappa shape index (κ2) is 7.81. The predicted molar refractivity (Wildman–Crippen MR) is 85.2 cm³/mol. The summed E-state index contributed by atoms with van der Waals surface area (Å²) in [6, 6.07) is 0. The quantitative estimate of drug-likeness (QED) is 0.828. The number of likely N-dealkylation sites (N-methyl/N-ethyl adjacent to an activating group) is 1. The van der Waals surface area contributed by atoms with E-state index in [1.54, 1.807) is 18.6 Å². The monoisotopic (exact) mass is 321 g/mol. The molecule has 2 aromatic heterocycles. The average molecular weight is 321 g/mol. The van der Waals surface area contributed by atoms with Crippen LogP contribution in [0, 0.1) is 0 Å². The Hall–Kier alpha value is -2.06. The minimum atomic E-state index is -0.174. The van der Waals surface area contributed by atoms with Gasteiger partial charge in [-0.05, 0) is 21.0 Å². The van der Waals surface area contributed by atoms with Gasteiger partial charge in [-0.15, -0.1) is 11.3 Å². The first kappa shape index (κ1) is 16.3. The molecule has 0 aliphatic carbocycles. The number of hydrogen-bond donors (Lipinski definition) is 1. The molecule has 22 heavy (non-hydrogen) atoms. The number of nitrogens with zero attached hydrogens (tertiary/aromatic N) is 4. The third-order valence-corrected chi connectivity index (χ3v) is 3.72. The molecule has 0 aromatic carbocycles. The Morgan fingerprint density at radius 2 is 2.18 bits per heavy atom. The molecule has 0 fully saturated rings. The molecule has 2 rings (SSSR count). The zero-order valence-corrected chi connectivity index (χ0v) is 13.7. The van der Waals surface area contributed by atoms with Crippen LogP contribution in [0.1, 0.15) is 16.7 Å². The van der Waals surface area contributed by atoms with Crippen molar-refractivity contribution in [1.82, 2.24) is 25.2 Å². The summed E-state index contributed by atoms with van der Waals surface area (Å²) in [7, 11) is 3.91. The lowest BCUT2D eigenvalue weighted by Gasteiger charge is -2.09. The van der Waals surface area contributed by atoms with E-state index in [0.717, 1.165) is 11.4 Å². The number of ether oxygens (including phenoxy) is 1. The van der Waals surface area contributed by atoms with Crippen molar-refractivity contribution in [1.29, 1.82) is 0 Å². The highest BCUT2D eigenvalue weighted by atomic mass is 32.1. The van der Waals surface area contributed by atoms with E-state index in [1.807, 2.05) is 25.9 Å². The van der Waals surface area contributed by atoms with Crippen molar-refractivity contribution < 1.29 is 9.53 Å². The second-order valence-corrected chi connectivity index (χ2v) is 5.80. The number of thiazole rings is 1. The van der Waals surface area contributed by atoms with Gasteiger partial charge in [-0.3, -0.25) is 9.78 Å². The fourth-order valence-corrected chi connectivity index (χ4v) is 2.44. The molecular formula is C14H19N5O2S. The predicted octanol–water partition coefficient (Wildman–Crippen LogP) is 1.29. The lowest BCUT2D eigenvalue weighted by atomic mass is 10.4. The van der Waals surface area contributed by atoms with Gasteiger partial charge in [0.1, 0.15) is 5.69 Å². The van der Waals surface area contributed by atoms with Crippen molar-refractivity contribution in [3.05, 3.63) is 23.6 Å². The summed E-state index contributed by atoms with van der Waals surface area (Å²) in [6.07, 6.45) is 4.82. The maximum Gasteiger partial charge on any atom is 0.280 e. The molecule has 118 valence electrons. The summed E-state index contributed by atoms with van der Waals surface area (Å²) < 4.78 is 5.32. The molecule has 0 aliphatic rings. The van der Waals surface area contributed by atoms with E-state index in [4.69, 9.17) is 4.74 Å². The smallest absolute Gasteiger partial charge is 0.280 e. The first-order valence-electron chi connectivity index (χ1n) is 6.94. The summed E-state index contributed by atoms with van der Waals surface area (Å²) in [5.74, 6) is 0.289. The first-order chi connectivity index (χ1) is 10.6. The largest absolute Gasteiger partial charge is 0.477 e. The van der Waals surface area contributed by atoms with Gasteiger partial charge >= 0.3 is 0 Å². The zero-order chi connectivity index (χ0) is 15.9. The van der Waals surface area contributed by atoms with Gasteiger partial charge in [-0.2, -0.15) is 0 Å². The first-order valence-corrected chi connectivity index (χ1v) is 7.75. The second-order valence-electron chi connectivity index (χ2n) is 4.76. The lowest BCUT2D eigenvalue weighted by Crippen LogP contribution is -2.31. The minimum absolute atomic E-state index is 0.174. The van der Waals surface area contributed by atoms with E-state index in [1.165, 1.54) is 11.3 Å². The summed E-state index contributed by atoms with van der Waals surface area (Å²) in [5, 5.41) is 3.25. The van der Waals surface area contributed by atoms with Gasteiger partial charge in [0.25, 0.3) is 5.91 Å². The third-order valence-electron chi connectivity index (χ3n) is 2.70. The van der Waals surface area contributed by atoms with E-state index in [9.17, 15) is 4.79 Å². The number of aromatic nitrogens is 3. The molecule has 2 heterocycles.